The molecular weight excluding hydrogens is 259 g/mol. The van der Waals surface area contributed by atoms with Crippen molar-refractivity contribution in [3.05, 3.63) is 64.7 Å². The molecule has 0 radical (unpaired) electrons. The molecule has 1 heterocycles. The SMILES string of the molecule is CC(c1ccc(F)cc1)n1c(=S)[nH]c2ccccc21. The molecular formula is C15H13FN2S. The molecule has 3 rings (SSSR count). The standard InChI is InChI=1S/C15H13FN2S/c1-10(11-6-8-12(16)9-7-11)18-14-5-3-2-4-13(14)17-15(18)19/h2-10H,1H3,(H,17,19). The lowest BCUT2D eigenvalue weighted by atomic mass is 10.1. The number of nitrogens with one attached hydrogen (secondary N) is 1. The first-order chi connectivity index (χ1) is 9.16. The lowest BCUT2D eigenvalue weighted by Gasteiger charge is -2.15. The molecule has 1 atom stereocenters. The Morgan fingerprint density at radius 1 is 1.11 bits per heavy atom. The van der Waals surface area contributed by atoms with E-state index in [-0.39, 0.29) is 11.9 Å². The van der Waals surface area contributed by atoms with E-state index in [1.807, 2.05) is 24.3 Å². The van der Waals surface area contributed by atoms with Crippen LogP contribution in [0.25, 0.3) is 11.0 Å². The van der Waals surface area contributed by atoms with Crippen molar-refractivity contribution in [1.29, 1.82) is 0 Å². The summed E-state index contributed by atoms with van der Waals surface area (Å²) in [6, 6.07) is 14.6. The van der Waals surface area contributed by atoms with Crippen LogP contribution in [0.1, 0.15) is 18.5 Å². The number of rotatable bonds is 2. The average Bonchev–Trinajstić information content (AvgIpc) is 2.74. The van der Waals surface area contributed by atoms with E-state index in [2.05, 4.69) is 16.5 Å². The summed E-state index contributed by atoms with van der Waals surface area (Å²) in [7, 11) is 0. The van der Waals surface area contributed by atoms with E-state index in [1.54, 1.807) is 12.1 Å². The highest BCUT2D eigenvalue weighted by Gasteiger charge is 2.12. The van der Waals surface area contributed by atoms with Gasteiger partial charge in [-0.15, -0.1) is 0 Å². The van der Waals surface area contributed by atoms with E-state index in [0.717, 1.165) is 16.6 Å². The number of fused-ring (bicyclic) bond motifs is 1. The Balaban J connectivity index is 2.16. The smallest absolute Gasteiger partial charge is 0.178 e. The van der Waals surface area contributed by atoms with Gasteiger partial charge in [0.2, 0.25) is 0 Å². The van der Waals surface area contributed by atoms with Crippen molar-refractivity contribution < 1.29 is 4.39 Å². The Bertz CT molecular complexity index is 771. The summed E-state index contributed by atoms with van der Waals surface area (Å²) in [4.78, 5) is 3.19. The molecule has 0 saturated heterocycles. The summed E-state index contributed by atoms with van der Waals surface area (Å²) >= 11 is 5.39. The molecule has 3 aromatic rings. The number of halogens is 1. The minimum Gasteiger partial charge on any atom is -0.331 e. The molecule has 1 aromatic heterocycles. The third-order valence-corrected chi connectivity index (χ3v) is 3.66. The zero-order chi connectivity index (χ0) is 13.4. The second kappa shape index (κ2) is 4.63. The van der Waals surface area contributed by atoms with Gasteiger partial charge in [0.15, 0.2) is 4.77 Å². The number of para-hydroxylation sites is 2. The van der Waals surface area contributed by atoms with E-state index < -0.39 is 0 Å². The summed E-state index contributed by atoms with van der Waals surface area (Å²) in [5, 5.41) is 0. The van der Waals surface area contributed by atoms with E-state index in [4.69, 9.17) is 12.2 Å². The van der Waals surface area contributed by atoms with Gasteiger partial charge in [-0.2, -0.15) is 0 Å². The predicted octanol–water partition coefficient (Wildman–Crippen LogP) is 4.45. The minimum atomic E-state index is -0.224. The zero-order valence-corrected chi connectivity index (χ0v) is 11.2. The lowest BCUT2D eigenvalue weighted by Crippen LogP contribution is -2.06. The van der Waals surface area contributed by atoms with Crippen molar-refractivity contribution in [3.8, 4) is 0 Å². The largest absolute Gasteiger partial charge is 0.331 e. The summed E-state index contributed by atoms with van der Waals surface area (Å²) in [6.07, 6.45) is 0. The van der Waals surface area contributed by atoms with Crippen molar-refractivity contribution in [3.63, 3.8) is 0 Å². The molecule has 0 saturated carbocycles. The number of hydrogen-bond donors (Lipinski definition) is 1. The van der Waals surface area contributed by atoms with E-state index in [9.17, 15) is 4.39 Å². The highest BCUT2D eigenvalue weighted by molar-refractivity contribution is 7.71. The average molecular weight is 272 g/mol. The van der Waals surface area contributed by atoms with Gasteiger partial charge >= 0.3 is 0 Å². The fourth-order valence-electron chi connectivity index (χ4n) is 2.35. The first-order valence-electron chi connectivity index (χ1n) is 6.11. The fraction of sp³-hybridized carbons (Fsp3) is 0.133. The third kappa shape index (κ3) is 2.08. The van der Waals surface area contributed by atoms with Crippen LogP contribution in [0.3, 0.4) is 0 Å². The van der Waals surface area contributed by atoms with Crippen LogP contribution in [0.5, 0.6) is 0 Å². The molecule has 1 N–H and O–H groups in total. The molecule has 0 aliphatic carbocycles. The second-order valence-corrected chi connectivity index (χ2v) is 4.93. The van der Waals surface area contributed by atoms with Gasteiger partial charge in [-0.1, -0.05) is 24.3 Å². The monoisotopic (exact) mass is 272 g/mol. The van der Waals surface area contributed by atoms with E-state index >= 15 is 0 Å². The summed E-state index contributed by atoms with van der Waals surface area (Å²) in [5.74, 6) is -0.224. The van der Waals surface area contributed by atoms with Crippen LogP contribution < -0.4 is 0 Å². The van der Waals surface area contributed by atoms with Gasteiger partial charge in [0.05, 0.1) is 17.1 Å². The number of H-pyrrole nitrogens is 1. The Labute approximate surface area is 115 Å². The summed E-state index contributed by atoms with van der Waals surface area (Å²) < 4.78 is 15.7. The van der Waals surface area contributed by atoms with E-state index in [1.165, 1.54) is 12.1 Å². The van der Waals surface area contributed by atoms with Crippen molar-refractivity contribution >= 4 is 23.3 Å². The molecule has 96 valence electrons. The van der Waals surface area contributed by atoms with Crippen LogP contribution in [-0.4, -0.2) is 9.55 Å². The van der Waals surface area contributed by atoms with Gasteiger partial charge in [-0.05, 0) is 49.0 Å². The Morgan fingerprint density at radius 2 is 1.79 bits per heavy atom. The third-order valence-electron chi connectivity index (χ3n) is 3.36. The highest BCUT2D eigenvalue weighted by atomic mass is 32.1. The normalized spacial score (nSPS) is 12.7. The van der Waals surface area contributed by atoms with Gasteiger partial charge in [0, 0.05) is 0 Å². The topological polar surface area (TPSA) is 20.7 Å². The molecule has 2 aromatic carbocycles. The maximum absolute atomic E-state index is 13.0. The molecule has 0 spiro atoms. The molecule has 0 aliphatic heterocycles. The Kier molecular flexibility index (Phi) is 2.95. The minimum absolute atomic E-state index is 0.0595. The molecule has 0 aliphatic rings. The van der Waals surface area contributed by atoms with E-state index in [0.29, 0.717) is 4.77 Å². The second-order valence-electron chi connectivity index (χ2n) is 4.54. The number of imidazole rings is 1. The molecule has 19 heavy (non-hydrogen) atoms. The lowest BCUT2D eigenvalue weighted by molar-refractivity contribution is 0.618. The van der Waals surface area contributed by atoms with Crippen LogP contribution in [-0.2, 0) is 0 Å². The predicted molar refractivity (Wildman–Crippen MR) is 77.3 cm³/mol. The van der Waals surface area contributed by atoms with Gasteiger partial charge < -0.3 is 9.55 Å². The van der Waals surface area contributed by atoms with Gasteiger partial charge in [-0.3, -0.25) is 0 Å². The maximum atomic E-state index is 13.0. The first-order valence-corrected chi connectivity index (χ1v) is 6.52. The van der Waals surface area contributed by atoms with Crippen molar-refractivity contribution in [2.75, 3.05) is 0 Å². The van der Waals surface area contributed by atoms with Crippen molar-refractivity contribution in [1.82, 2.24) is 9.55 Å². The van der Waals surface area contributed by atoms with Gasteiger partial charge in [-0.25, -0.2) is 4.39 Å². The Morgan fingerprint density at radius 3 is 2.53 bits per heavy atom. The molecule has 2 nitrogen and oxygen atoms in total. The quantitative estimate of drug-likeness (QED) is 0.684. The molecule has 0 fully saturated rings. The van der Waals surface area contributed by atoms with Crippen molar-refractivity contribution in [2.45, 2.75) is 13.0 Å². The van der Waals surface area contributed by atoms with Crippen LogP contribution >= 0.6 is 12.2 Å². The highest BCUT2D eigenvalue weighted by Crippen LogP contribution is 2.24. The van der Waals surface area contributed by atoms with Crippen LogP contribution in [0.4, 0.5) is 4.39 Å². The number of aromatic amines is 1. The molecule has 0 amide bonds. The summed E-state index contributed by atoms with van der Waals surface area (Å²) in [6.45, 7) is 2.06. The number of nitrogens with zero attached hydrogens (tertiary/aromatic N) is 1. The fourth-order valence-corrected chi connectivity index (χ4v) is 2.72. The molecule has 1 unspecified atom stereocenters. The maximum Gasteiger partial charge on any atom is 0.178 e. The number of hydrogen-bond acceptors (Lipinski definition) is 1. The van der Waals surface area contributed by atoms with Crippen molar-refractivity contribution in [2.24, 2.45) is 0 Å². The number of benzene rings is 2. The summed E-state index contributed by atoms with van der Waals surface area (Å²) in [5.41, 5.74) is 3.10. The Hall–Kier alpha value is -1.94. The van der Waals surface area contributed by atoms with Crippen LogP contribution in [0, 0.1) is 10.6 Å². The van der Waals surface area contributed by atoms with Gasteiger partial charge in [0.1, 0.15) is 5.82 Å². The molecule has 4 heteroatoms. The number of aromatic nitrogens is 2. The first kappa shape index (κ1) is 12.1. The zero-order valence-electron chi connectivity index (χ0n) is 10.4. The van der Waals surface area contributed by atoms with Crippen LogP contribution in [0.15, 0.2) is 48.5 Å². The molecule has 0 bridgehead atoms. The van der Waals surface area contributed by atoms with Gasteiger partial charge in [0.25, 0.3) is 0 Å². The van der Waals surface area contributed by atoms with Crippen LogP contribution in [0.2, 0.25) is 0 Å².